The van der Waals surface area contributed by atoms with Crippen LogP contribution in [0.3, 0.4) is 0 Å². The predicted octanol–water partition coefficient (Wildman–Crippen LogP) is 3.36. The number of rotatable bonds is 5. The van der Waals surface area contributed by atoms with Crippen molar-refractivity contribution in [2.24, 2.45) is 0 Å². The summed E-state index contributed by atoms with van der Waals surface area (Å²) < 4.78 is 12.9. The lowest BCUT2D eigenvalue weighted by atomic mass is 10.0. The molecule has 0 aliphatic heterocycles. The Hall–Kier alpha value is -1.15. The average Bonchev–Trinajstić information content (AvgIpc) is 2.21. The van der Waals surface area contributed by atoms with E-state index >= 15 is 0 Å². The van der Waals surface area contributed by atoms with Gasteiger partial charge in [-0.25, -0.2) is 4.39 Å². The molecule has 0 spiro atoms. The van der Waals surface area contributed by atoms with Gasteiger partial charge in [0, 0.05) is 0 Å². The molecule has 1 rings (SSSR count). The van der Waals surface area contributed by atoms with Crippen molar-refractivity contribution in [3.8, 4) is 0 Å². The van der Waals surface area contributed by atoms with Gasteiger partial charge in [-0.1, -0.05) is 19.1 Å². The molecule has 0 aromatic heterocycles. The summed E-state index contributed by atoms with van der Waals surface area (Å²) in [5.41, 5.74) is 2.06. The maximum atomic E-state index is 12.9. The van der Waals surface area contributed by atoms with Crippen LogP contribution in [-0.2, 0) is 0 Å². The van der Waals surface area contributed by atoms with Crippen molar-refractivity contribution < 1.29 is 4.39 Å². The molecule has 0 heterocycles. The molecule has 0 saturated carbocycles. The first kappa shape index (κ1) is 11.9. The fourth-order valence-corrected chi connectivity index (χ4v) is 1.61. The van der Waals surface area contributed by atoms with Crippen molar-refractivity contribution in [3.63, 3.8) is 0 Å². The minimum Gasteiger partial charge on any atom is -0.307 e. The maximum Gasteiger partial charge on any atom is 0.123 e. The lowest BCUT2D eigenvalue weighted by Crippen LogP contribution is -2.20. The highest BCUT2D eigenvalue weighted by Gasteiger charge is 2.09. The standard InChI is InChI=1S/C13H18FN/c1-4-8-15-13(5-2)12-7-6-11(14)9-10(12)3/h5-7,9,13,15H,2,4,8H2,1,3H3. The molecule has 82 valence electrons. The van der Waals surface area contributed by atoms with Gasteiger partial charge in [-0.15, -0.1) is 6.58 Å². The zero-order chi connectivity index (χ0) is 11.3. The third-order valence-electron chi connectivity index (χ3n) is 2.42. The summed E-state index contributed by atoms with van der Waals surface area (Å²) >= 11 is 0. The van der Waals surface area contributed by atoms with Crippen LogP contribution >= 0.6 is 0 Å². The van der Waals surface area contributed by atoms with Gasteiger partial charge in [-0.2, -0.15) is 0 Å². The lowest BCUT2D eigenvalue weighted by Gasteiger charge is -2.16. The van der Waals surface area contributed by atoms with Crippen LogP contribution in [0.25, 0.3) is 0 Å². The van der Waals surface area contributed by atoms with Gasteiger partial charge in [0.05, 0.1) is 6.04 Å². The summed E-state index contributed by atoms with van der Waals surface area (Å²) in [5, 5.41) is 3.36. The van der Waals surface area contributed by atoms with Crippen LogP contribution in [0.4, 0.5) is 4.39 Å². The third kappa shape index (κ3) is 3.17. The third-order valence-corrected chi connectivity index (χ3v) is 2.42. The largest absolute Gasteiger partial charge is 0.307 e. The van der Waals surface area contributed by atoms with Crippen LogP contribution in [-0.4, -0.2) is 6.54 Å². The summed E-state index contributed by atoms with van der Waals surface area (Å²) in [7, 11) is 0. The van der Waals surface area contributed by atoms with E-state index in [1.54, 1.807) is 6.07 Å². The van der Waals surface area contributed by atoms with Gasteiger partial charge in [0.1, 0.15) is 5.82 Å². The molecule has 1 aromatic carbocycles. The molecule has 1 unspecified atom stereocenters. The maximum absolute atomic E-state index is 12.9. The summed E-state index contributed by atoms with van der Waals surface area (Å²) in [6.45, 7) is 8.77. The summed E-state index contributed by atoms with van der Waals surface area (Å²) in [5.74, 6) is -0.186. The Labute approximate surface area is 91.0 Å². The van der Waals surface area contributed by atoms with Crippen molar-refractivity contribution in [1.29, 1.82) is 0 Å². The molecule has 0 fully saturated rings. The summed E-state index contributed by atoms with van der Waals surface area (Å²) in [6, 6.07) is 4.98. The molecule has 1 aromatic rings. The first-order valence-corrected chi connectivity index (χ1v) is 5.31. The molecule has 2 heteroatoms. The molecule has 0 radical (unpaired) electrons. The van der Waals surface area contributed by atoms with Crippen LogP contribution in [0.1, 0.15) is 30.5 Å². The van der Waals surface area contributed by atoms with Gasteiger partial charge in [0.2, 0.25) is 0 Å². The van der Waals surface area contributed by atoms with E-state index in [0.717, 1.165) is 24.1 Å². The minimum absolute atomic E-state index is 0.116. The van der Waals surface area contributed by atoms with Crippen LogP contribution in [0.2, 0.25) is 0 Å². The smallest absolute Gasteiger partial charge is 0.123 e. The lowest BCUT2D eigenvalue weighted by molar-refractivity contribution is 0.601. The number of hydrogen-bond acceptors (Lipinski definition) is 1. The van der Waals surface area contributed by atoms with E-state index in [2.05, 4.69) is 18.8 Å². The van der Waals surface area contributed by atoms with Gasteiger partial charge >= 0.3 is 0 Å². The van der Waals surface area contributed by atoms with E-state index in [4.69, 9.17) is 0 Å². The van der Waals surface area contributed by atoms with E-state index < -0.39 is 0 Å². The highest BCUT2D eigenvalue weighted by molar-refractivity contribution is 5.31. The average molecular weight is 207 g/mol. The van der Waals surface area contributed by atoms with E-state index in [1.807, 2.05) is 19.1 Å². The molecule has 15 heavy (non-hydrogen) atoms. The predicted molar refractivity (Wildman–Crippen MR) is 62.4 cm³/mol. The Morgan fingerprint density at radius 1 is 1.53 bits per heavy atom. The van der Waals surface area contributed by atoms with Gasteiger partial charge in [0.25, 0.3) is 0 Å². The van der Waals surface area contributed by atoms with Crippen molar-refractivity contribution in [1.82, 2.24) is 5.32 Å². The van der Waals surface area contributed by atoms with E-state index in [-0.39, 0.29) is 11.9 Å². The Bertz CT molecular complexity index is 333. The normalized spacial score (nSPS) is 12.5. The van der Waals surface area contributed by atoms with Gasteiger partial charge < -0.3 is 5.32 Å². The quantitative estimate of drug-likeness (QED) is 0.730. The molecule has 1 nitrogen and oxygen atoms in total. The minimum atomic E-state index is -0.186. The Morgan fingerprint density at radius 2 is 2.27 bits per heavy atom. The molecule has 0 aliphatic rings. The number of nitrogens with one attached hydrogen (secondary N) is 1. The number of aryl methyl sites for hydroxylation is 1. The van der Waals surface area contributed by atoms with Crippen LogP contribution in [0, 0.1) is 12.7 Å². The molecule has 1 atom stereocenters. The van der Waals surface area contributed by atoms with Crippen LogP contribution in [0.5, 0.6) is 0 Å². The monoisotopic (exact) mass is 207 g/mol. The SMILES string of the molecule is C=CC(NCCC)c1ccc(F)cc1C. The Morgan fingerprint density at radius 3 is 2.80 bits per heavy atom. The molecule has 0 saturated heterocycles. The van der Waals surface area contributed by atoms with Gasteiger partial charge in [0.15, 0.2) is 0 Å². The van der Waals surface area contributed by atoms with Crippen molar-refractivity contribution in [2.45, 2.75) is 26.3 Å². The van der Waals surface area contributed by atoms with E-state index in [1.165, 1.54) is 6.07 Å². The fraction of sp³-hybridized carbons (Fsp3) is 0.385. The first-order valence-electron chi connectivity index (χ1n) is 5.31. The first-order chi connectivity index (χ1) is 7.19. The zero-order valence-electron chi connectivity index (χ0n) is 9.39. The Balaban J connectivity index is 2.86. The topological polar surface area (TPSA) is 12.0 Å². The van der Waals surface area contributed by atoms with Crippen LogP contribution < -0.4 is 5.32 Å². The highest BCUT2D eigenvalue weighted by atomic mass is 19.1. The zero-order valence-corrected chi connectivity index (χ0v) is 9.39. The summed E-state index contributed by atoms with van der Waals surface area (Å²) in [4.78, 5) is 0. The molecule has 0 bridgehead atoms. The molecule has 0 aliphatic carbocycles. The number of hydrogen-bond donors (Lipinski definition) is 1. The second-order valence-corrected chi connectivity index (χ2v) is 3.67. The van der Waals surface area contributed by atoms with Crippen molar-refractivity contribution in [3.05, 3.63) is 47.8 Å². The van der Waals surface area contributed by atoms with Gasteiger partial charge in [-0.3, -0.25) is 0 Å². The van der Waals surface area contributed by atoms with Crippen molar-refractivity contribution >= 4 is 0 Å². The Kier molecular flexibility index (Phi) is 4.50. The highest BCUT2D eigenvalue weighted by Crippen LogP contribution is 2.19. The number of halogens is 1. The van der Waals surface area contributed by atoms with Gasteiger partial charge in [-0.05, 0) is 43.1 Å². The van der Waals surface area contributed by atoms with Crippen molar-refractivity contribution in [2.75, 3.05) is 6.54 Å². The number of benzene rings is 1. The second-order valence-electron chi connectivity index (χ2n) is 3.67. The second kappa shape index (κ2) is 5.66. The molecule has 1 N–H and O–H groups in total. The molecule has 0 amide bonds. The molecular formula is C13H18FN. The van der Waals surface area contributed by atoms with E-state index in [0.29, 0.717) is 0 Å². The van der Waals surface area contributed by atoms with E-state index in [9.17, 15) is 4.39 Å². The fourth-order valence-electron chi connectivity index (χ4n) is 1.61. The molecular weight excluding hydrogens is 189 g/mol. The summed E-state index contributed by atoms with van der Waals surface area (Å²) in [6.07, 6.45) is 2.93. The van der Waals surface area contributed by atoms with Crippen LogP contribution in [0.15, 0.2) is 30.9 Å².